The molecule has 1 rings (SSSR count). The predicted octanol–water partition coefficient (Wildman–Crippen LogP) is 0.749. The molecule has 1 unspecified atom stereocenters. The monoisotopic (exact) mass is 228 g/mol. The van der Waals surface area contributed by atoms with E-state index in [2.05, 4.69) is 5.32 Å². The van der Waals surface area contributed by atoms with Crippen LogP contribution in [0, 0.1) is 0 Å². The van der Waals surface area contributed by atoms with E-state index < -0.39 is 0 Å². The molecule has 94 valence electrons. The van der Waals surface area contributed by atoms with Crippen LogP contribution >= 0.6 is 0 Å². The molecule has 16 heavy (non-hydrogen) atoms. The Morgan fingerprint density at radius 2 is 2.19 bits per heavy atom. The van der Waals surface area contributed by atoms with Crippen molar-refractivity contribution in [1.29, 1.82) is 0 Å². The number of nitrogens with zero attached hydrogens (tertiary/aromatic N) is 1. The van der Waals surface area contributed by atoms with Gasteiger partial charge in [0.1, 0.15) is 0 Å². The summed E-state index contributed by atoms with van der Waals surface area (Å²) in [5.41, 5.74) is -0.342. The van der Waals surface area contributed by atoms with Gasteiger partial charge in [0.15, 0.2) is 0 Å². The molecular formula is C12H24N2O2. The number of rotatable bonds is 6. The average molecular weight is 228 g/mol. The lowest BCUT2D eigenvalue weighted by molar-refractivity contribution is -0.135. The van der Waals surface area contributed by atoms with E-state index in [4.69, 9.17) is 5.11 Å². The Bertz CT molecular complexity index is 225. The number of hydrogen-bond donors (Lipinski definition) is 2. The van der Waals surface area contributed by atoms with E-state index in [9.17, 15) is 4.79 Å². The summed E-state index contributed by atoms with van der Waals surface area (Å²) in [5.74, 6) is 0.203. The van der Waals surface area contributed by atoms with Gasteiger partial charge in [0.25, 0.3) is 0 Å². The number of hydrogen-bond acceptors (Lipinski definition) is 3. The molecule has 0 aromatic heterocycles. The first-order chi connectivity index (χ1) is 7.60. The molecule has 1 atom stereocenters. The molecule has 0 aromatic rings. The Labute approximate surface area is 98.0 Å². The number of aliphatic hydroxyl groups excluding tert-OH is 1. The molecule has 1 saturated heterocycles. The molecule has 0 saturated carbocycles. The lowest BCUT2D eigenvalue weighted by Gasteiger charge is -2.29. The molecule has 1 fully saturated rings. The summed E-state index contributed by atoms with van der Waals surface area (Å²) >= 11 is 0. The maximum Gasteiger partial charge on any atom is 0.242 e. The number of unbranched alkanes of at least 4 members (excludes halogenated alkanes) is 2. The van der Waals surface area contributed by atoms with Crippen molar-refractivity contribution in [2.45, 2.75) is 44.6 Å². The highest BCUT2D eigenvalue weighted by Gasteiger charge is 2.37. The zero-order valence-electron chi connectivity index (χ0n) is 10.5. The third-order valence-corrected chi connectivity index (χ3v) is 3.34. The number of likely N-dealkylation sites (N-methyl/N-ethyl adjacent to an activating group) is 1. The Kier molecular flexibility index (Phi) is 5.22. The number of nitrogens with one attached hydrogen (secondary N) is 1. The topological polar surface area (TPSA) is 52.6 Å². The second kappa shape index (κ2) is 6.21. The molecule has 1 heterocycles. The molecule has 1 aliphatic heterocycles. The van der Waals surface area contributed by atoms with Gasteiger partial charge in [-0.05, 0) is 45.6 Å². The van der Waals surface area contributed by atoms with Crippen LogP contribution < -0.4 is 5.32 Å². The van der Waals surface area contributed by atoms with E-state index in [0.29, 0.717) is 0 Å². The highest BCUT2D eigenvalue weighted by molar-refractivity contribution is 5.86. The highest BCUT2D eigenvalue weighted by Crippen LogP contribution is 2.20. The second-order valence-electron chi connectivity index (χ2n) is 4.87. The molecular weight excluding hydrogens is 204 g/mol. The van der Waals surface area contributed by atoms with Crippen molar-refractivity contribution >= 4 is 5.91 Å². The second-order valence-corrected chi connectivity index (χ2v) is 4.87. The molecule has 4 nitrogen and oxygen atoms in total. The zero-order valence-corrected chi connectivity index (χ0v) is 10.5. The molecule has 0 spiro atoms. The fraction of sp³-hybridized carbons (Fsp3) is 0.917. The minimum Gasteiger partial charge on any atom is -0.396 e. The fourth-order valence-electron chi connectivity index (χ4n) is 2.24. The van der Waals surface area contributed by atoms with Crippen molar-refractivity contribution in [2.24, 2.45) is 0 Å². The average Bonchev–Trinajstić information content (AvgIpc) is 2.71. The van der Waals surface area contributed by atoms with Crippen molar-refractivity contribution in [3.8, 4) is 0 Å². The van der Waals surface area contributed by atoms with Crippen molar-refractivity contribution in [2.75, 3.05) is 26.7 Å². The Morgan fingerprint density at radius 1 is 1.44 bits per heavy atom. The summed E-state index contributed by atoms with van der Waals surface area (Å²) in [4.78, 5) is 14.0. The summed E-state index contributed by atoms with van der Waals surface area (Å²) in [6.07, 6.45) is 4.81. The van der Waals surface area contributed by atoms with E-state index >= 15 is 0 Å². The van der Waals surface area contributed by atoms with Gasteiger partial charge >= 0.3 is 0 Å². The number of carbonyl (C=O) groups is 1. The molecule has 0 aromatic carbocycles. The Morgan fingerprint density at radius 3 is 2.75 bits per heavy atom. The molecule has 1 aliphatic rings. The van der Waals surface area contributed by atoms with E-state index in [1.807, 2.05) is 18.9 Å². The SMILES string of the molecule is CN(CCCCCO)C(=O)C1(C)CCCN1. The quantitative estimate of drug-likeness (QED) is 0.660. The van der Waals surface area contributed by atoms with E-state index in [-0.39, 0.29) is 18.1 Å². The van der Waals surface area contributed by atoms with Gasteiger partial charge in [-0.25, -0.2) is 0 Å². The smallest absolute Gasteiger partial charge is 0.242 e. The molecule has 0 aliphatic carbocycles. The normalized spacial score (nSPS) is 24.7. The van der Waals surface area contributed by atoms with Gasteiger partial charge in [0.2, 0.25) is 5.91 Å². The van der Waals surface area contributed by atoms with Crippen LogP contribution in [0.4, 0.5) is 0 Å². The van der Waals surface area contributed by atoms with Gasteiger partial charge in [-0.15, -0.1) is 0 Å². The number of aliphatic hydroxyl groups is 1. The third kappa shape index (κ3) is 3.46. The summed E-state index contributed by atoms with van der Waals surface area (Å²) in [6, 6.07) is 0. The van der Waals surface area contributed by atoms with Gasteiger partial charge < -0.3 is 15.3 Å². The van der Waals surface area contributed by atoms with Crippen LogP contribution in [0.5, 0.6) is 0 Å². The minimum atomic E-state index is -0.342. The summed E-state index contributed by atoms with van der Waals surface area (Å²) < 4.78 is 0. The third-order valence-electron chi connectivity index (χ3n) is 3.34. The lowest BCUT2D eigenvalue weighted by Crippen LogP contribution is -2.51. The molecule has 2 N–H and O–H groups in total. The van der Waals surface area contributed by atoms with Gasteiger partial charge in [-0.2, -0.15) is 0 Å². The fourth-order valence-corrected chi connectivity index (χ4v) is 2.24. The first-order valence-corrected chi connectivity index (χ1v) is 6.21. The maximum atomic E-state index is 12.1. The van der Waals surface area contributed by atoms with Crippen LogP contribution in [0.1, 0.15) is 39.0 Å². The summed E-state index contributed by atoms with van der Waals surface area (Å²) in [5, 5.41) is 11.9. The number of carbonyl (C=O) groups excluding carboxylic acids is 1. The Hall–Kier alpha value is -0.610. The van der Waals surface area contributed by atoms with Crippen LogP contribution in [0.25, 0.3) is 0 Å². The van der Waals surface area contributed by atoms with E-state index in [1.165, 1.54) is 0 Å². The van der Waals surface area contributed by atoms with Crippen LogP contribution in [-0.4, -0.2) is 48.2 Å². The zero-order chi connectivity index (χ0) is 12.0. The highest BCUT2D eigenvalue weighted by atomic mass is 16.2. The van der Waals surface area contributed by atoms with E-state index in [1.54, 1.807) is 0 Å². The Balaban J connectivity index is 2.30. The molecule has 1 amide bonds. The first-order valence-electron chi connectivity index (χ1n) is 6.21. The van der Waals surface area contributed by atoms with Crippen LogP contribution in [0.15, 0.2) is 0 Å². The van der Waals surface area contributed by atoms with Crippen LogP contribution in [0.3, 0.4) is 0 Å². The van der Waals surface area contributed by atoms with Gasteiger partial charge in [-0.1, -0.05) is 0 Å². The minimum absolute atomic E-state index is 0.203. The maximum absolute atomic E-state index is 12.1. The largest absolute Gasteiger partial charge is 0.396 e. The van der Waals surface area contributed by atoms with E-state index in [0.717, 1.165) is 45.2 Å². The van der Waals surface area contributed by atoms with Gasteiger partial charge in [0, 0.05) is 20.2 Å². The lowest BCUT2D eigenvalue weighted by atomic mass is 9.98. The predicted molar refractivity (Wildman–Crippen MR) is 64.2 cm³/mol. The van der Waals surface area contributed by atoms with Crippen molar-refractivity contribution < 1.29 is 9.90 Å². The van der Waals surface area contributed by atoms with Crippen molar-refractivity contribution in [3.63, 3.8) is 0 Å². The van der Waals surface area contributed by atoms with Crippen molar-refractivity contribution in [1.82, 2.24) is 10.2 Å². The first kappa shape index (κ1) is 13.5. The standard InChI is InChI=1S/C12H24N2O2/c1-12(7-6-8-13-12)11(16)14(2)9-4-3-5-10-15/h13,15H,3-10H2,1-2H3. The van der Waals surface area contributed by atoms with Crippen LogP contribution in [-0.2, 0) is 4.79 Å². The molecule has 0 radical (unpaired) electrons. The van der Waals surface area contributed by atoms with Gasteiger partial charge in [0.05, 0.1) is 5.54 Å². The molecule has 0 bridgehead atoms. The molecule has 4 heteroatoms. The summed E-state index contributed by atoms with van der Waals surface area (Å²) in [7, 11) is 1.87. The van der Waals surface area contributed by atoms with Crippen molar-refractivity contribution in [3.05, 3.63) is 0 Å². The number of amides is 1. The van der Waals surface area contributed by atoms with Gasteiger partial charge in [-0.3, -0.25) is 4.79 Å². The summed E-state index contributed by atoms with van der Waals surface area (Å²) in [6.45, 7) is 3.97. The van der Waals surface area contributed by atoms with Crippen LogP contribution in [0.2, 0.25) is 0 Å².